The van der Waals surface area contributed by atoms with E-state index < -0.39 is 22.5 Å². The van der Waals surface area contributed by atoms with Crippen LogP contribution in [-0.2, 0) is 14.4 Å². The van der Waals surface area contributed by atoms with Gasteiger partial charge in [-0.2, -0.15) is 0 Å². The van der Waals surface area contributed by atoms with Crippen LogP contribution in [0.2, 0.25) is 0 Å². The normalized spacial score (nSPS) is 29.0. The van der Waals surface area contributed by atoms with Gasteiger partial charge in [0, 0.05) is 13.3 Å². The van der Waals surface area contributed by atoms with Crippen molar-refractivity contribution in [3.63, 3.8) is 0 Å². The zero-order valence-electron chi connectivity index (χ0n) is 7.28. The van der Waals surface area contributed by atoms with Crippen LogP contribution in [0.15, 0.2) is 0 Å². The molecule has 1 fully saturated rings. The Morgan fingerprint density at radius 3 is 2.33 bits per heavy atom. The average Bonchev–Trinajstić information content (AvgIpc) is 2.07. The third kappa shape index (κ3) is 2.57. The molecule has 0 aromatic heterocycles. The lowest BCUT2D eigenvalue weighted by atomic mass is 10.3. The van der Waals surface area contributed by atoms with Gasteiger partial charge in [0.2, 0.25) is 0 Å². The van der Waals surface area contributed by atoms with E-state index in [0.29, 0.717) is 12.8 Å². The summed E-state index contributed by atoms with van der Waals surface area (Å²) in [4.78, 5) is 0. The Morgan fingerprint density at radius 2 is 2.00 bits per heavy atom. The van der Waals surface area contributed by atoms with Gasteiger partial charge in [-0.25, -0.2) is 8.42 Å². The van der Waals surface area contributed by atoms with E-state index in [1.165, 1.54) is 0 Å². The van der Waals surface area contributed by atoms with Crippen LogP contribution in [0.25, 0.3) is 0 Å². The molecule has 0 aromatic carbocycles. The fourth-order valence-electron chi connectivity index (χ4n) is 1.28. The summed E-state index contributed by atoms with van der Waals surface area (Å²) in [6, 6.07) is 0. The van der Waals surface area contributed by atoms with Gasteiger partial charge in [-0.1, -0.05) is 0 Å². The first-order chi connectivity index (χ1) is 5.31. The third-order valence-corrected chi connectivity index (χ3v) is 4.97. The minimum Gasteiger partial charge on any atom is -0.307 e. The zero-order chi connectivity index (χ0) is 9.41. The molecule has 1 heterocycles. The molecule has 1 unspecified atom stereocenters. The van der Waals surface area contributed by atoms with Gasteiger partial charge in [-0.3, -0.25) is 5.09 Å². The third-order valence-electron chi connectivity index (χ3n) is 1.78. The second-order valence-electron chi connectivity index (χ2n) is 3.48. The molecule has 0 radical (unpaired) electrons. The molecule has 6 heteroatoms. The summed E-state index contributed by atoms with van der Waals surface area (Å²) in [6.45, 7) is 3.08. The lowest BCUT2D eigenvalue weighted by Crippen LogP contribution is -2.30. The predicted octanol–water partition coefficient (Wildman–Crippen LogP) is 0.648. The molecule has 72 valence electrons. The van der Waals surface area contributed by atoms with E-state index in [0.717, 1.165) is 0 Å². The van der Waals surface area contributed by atoms with Crippen molar-refractivity contribution in [3.8, 4) is 0 Å². The number of sulfone groups is 1. The number of nitrogens with one attached hydrogen (secondary N) is 1. The molecule has 0 bridgehead atoms. The highest BCUT2D eigenvalue weighted by molar-refractivity contribution is 7.92. The largest absolute Gasteiger partial charge is 0.307 e. The maximum absolute atomic E-state index is 11.3. The molecule has 12 heavy (non-hydrogen) atoms. The minimum atomic E-state index is -3.00. The summed E-state index contributed by atoms with van der Waals surface area (Å²) in [5.41, 5.74) is 0. The molecule has 0 aromatic rings. The van der Waals surface area contributed by atoms with Crippen LogP contribution >= 0.6 is 7.29 Å². The van der Waals surface area contributed by atoms with E-state index in [1.54, 1.807) is 13.3 Å². The van der Waals surface area contributed by atoms with Crippen LogP contribution in [0.4, 0.5) is 0 Å². The summed E-state index contributed by atoms with van der Waals surface area (Å²) in [7, 11) is -5.43. The van der Waals surface area contributed by atoms with Crippen molar-refractivity contribution in [3.05, 3.63) is 0 Å². The summed E-state index contributed by atoms with van der Waals surface area (Å²) < 4.78 is 33.8. The lowest BCUT2D eigenvalue weighted by molar-refractivity contribution is 0.558. The van der Waals surface area contributed by atoms with Crippen LogP contribution in [-0.4, -0.2) is 32.9 Å². The van der Waals surface area contributed by atoms with Crippen LogP contribution in [0.5, 0.6) is 0 Å². The number of rotatable bonds is 2. The first-order valence-corrected chi connectivity index (χ1v) is 8.17. The summed E-state index contributed by atoms with van der Waals surface area (Å²) >= 11 is 0. The standard InChI is InChI=1S/C6H14NO3PS/c1-11(2,8)7-6-4-3-5-12(6,9)10/h6H,3-5H2,1-2H3,(H,7,8). The minimum absolute atomic E-state index is 0.227. The first kappa shape index (κ1) is 10.2. The van der Waals surface area contributed by atoms with Crippen LogP contribution < -0.4 is 5.09 Å². The van der Waals surface area contributed by atoms with Crippen molar-refractivity contribution >= 4 is 17.1 Å². The Balaban J connectivity index is 2.72. The maximum Gasteiger partial charge on any atom is 0.166 e. The molecule has 0 amide bonds. The Hall–Kier alpha value is 0.140. The molecule has 1 aliphatic rings. The van der Waals surface area contributed by atoms with E-state index in [1.807, 2.05) is 0 Å². The molecule has 1 rings (SSSR count). The predicted molar refractivity (Wildman–Crippen MR) is 49.4 cm³/mol. The van der Waals surface area contributed by atoms with Gasteiger partial charge in [0.15, 0.2) is 9.84 Å². The van der Waals surface area contributed by atoms with Gasteiger partial charge in [0.05, 0.1) is 5.75 Å². The zero-order valence-corrected chi connectivity index (χ0v) is 8.99. The Morgan fingerprint density at radius 1 is 1.42 bits per heavy atom. The molecular weight excluding hydrogens is 197 g/mol. The topological polar surface area (TPSA) is 63.2 Å². The van der Waals surface area contributed by atoms with Crippen LogP contribution in [0, 0.1) is 0 Å². The maximum atomic E-state index is 11.3. The van der Waals surface area contributed by atoms with Gasteiger partial charge >= 0.3 is 0 Å². The molecular formula is C6H14NO3PS. The van der Waals surface area contributed by atoms with Gasteiger partial charge in [0.1, 0.15) is 12.7 Å². The Kier molecular flexibility index (Phi) is 2.66. The van der Waals surface area contributed by atoms with Crippen LogP contribution in [0.3, 0.4) is 0 Å². The average molecular weight is 211 g/mol. The van der Waals surface area contributed by atoms with Crippen molar-refractivity contribution in [1.29, 1.82) is 0 Å². The highest BCUT2D eigenvalue weighted by Gasteiger charge is 2.33. The van der Waals surface area contributed by atoms with Gasteiger partial charge in [-0.15, -0.1) is 0 Å². The fourth-order valence-corrected chi connectivity index (χ4v) is 4.89. The highest BCUT2D eigenvalue weighted by atomic mass is 32.2. The van der Waals surface area contributed by atoms with Crippen molar-refractivity contribution < 1.29 is 13.0 Å². The Labute approximate surface area is 73.1 Å². The first-order valence-electron chi connectivity index (χ1n) is 3.86. The number of hydrogen-bond acceptors (Lipinski definition) is 3. The van der Waals surface area contributed by atoms with Crippen molar-refractivity contribution in [2.45, 2.75) is 18.2 Å². The molecule has 1 saturated heterocycles. The van der Waals surface area contributed by atoms with Crippen LogP contribution in [0.1, 0.15) is 12.8 Å². The van der Waals surface area contributed by atoms with Crippen molar-refractivity contribution in [1.82, 2.24) is 5.09 Å². The molecule has 1 aliphatic heterocycles. The summed E-state index contributed by atoms with van der Waals surface area (Å²) in [5, 5.41) is 2.10. The molecule has 1 N–H and O–H groups in total. The summed E-state index contributed by atoms with van der Waals surface area (Å²) in [5.74, 6) is 0.227. The van der Waals surface area contributed by atoms with E-state index in [9.17, 15) is 13.0 Å². The van der Waals surface area contributed by atoms with E-state index in [-0.39, 0.29) is 5.75 Å². The molecule has 1 atom stereocenters. The second kappa shape index (κ2) is 3.13. The van der Waals surface area contributed by atoms with E-state index in [4.69, 9.17) is 0 Å². The molecule has 4 nitrogen and oxygen atoms in total. The monoisotopic (exact) mass is 211 g/mol. The van der Waals surface area contributed by atoms with Gasteiger partial charge < -0.3 is 4.57 Å². The van der Waals surface area contributed by atoms with E-state index >= 15 is 0 Å². The SMILES string of the molecule is CP(C)(=O)NC1CCCS1(=O)=O. The lowest BCUT2D eigenvalue weighted by Gasteiger charge is -2.14. The van der Waals surface area contributed by atoms with Crippen molar-refractivity contribution in [2.75, 3.05) is 19.1 Å². The molecule has 0 aliphatic carbocycles. The molecule has 0 spiro atoms. The van der Waals surface area contributed by atoms with Crippen molar-refractivity contribution in [2.24, 2.45) is 0 Å². The molecule has 0 saturated carbocycles. The second-order valence-corrected chi connectivity index (χ2v) is 8.74. The smallest absolute Gasteiger partial charge is 0.166 e. The van der Waals surface area contributed by atoms with Gasteiger partial charge in [0.25, 0.3) is 0 Å². The fraction of sp³-hybridized carbons (Fsp3) is 1.00. The summed E-state index contributed by atoms with van der Waals surface area (Å²) in [6.07, 6.45) is 1.27. The Bertz CT molecular complexity index is 305. The van der Waals surface area contributed by atoms with Gasteiger partial charge in [-0.05, 0) is 12.8 Å². The quantitative estimate of drug-likeness (QED) is 0.681. The highest BCUT2D eigenvalue weighted by Crippen LogP contribution is 2.34. The van der Waals surface area contributed by atoms with E-state index in [2.05, 4.69) is 5.09 Å². The number of hydrogen-bond donors (Lipinski definition) is 1.